The molecule has 0 saturated carbocycles. The second-order valence-electron chi connectivity index (χ2n) is 4.07. The van der Waals surface area contributed by atoms with E-state index in [1.165, 1.54) is 5.56 Å². The Hall–Kier alpha value is -0.930. The van der Waals surface area contributed by atoms with Crippen LogP contribution >= 0.6 is 0 Å². The van der Waals surface area contributed by atoms with Crippen molar-refractivity contribution in [3.8, 4) is 0 Å². The fourth-order valence-electron chi connectivity index (χ4n) is 1.43. The zero-order valence-corrected chi connectivity index (χ0v) is 9.72. The molecule has 3 heteroatoms. The first-order chi connectivity index (χ1) is 7.11. The molecule has 1 aromatic rings. The van der Waals surface area contributed by atoms with E-state index in [0.29, 0.717) is 0 Å². The lowest BCUT2D eigenvalue weighted by atomic mass is 10.1. The lowest BCUT2D eigenvalue weighted by molar-refractivity contribution is 0.0874. The first kappa shape index (κ1) is 12.1. The molecule has 0 spiro atoms. The minimum Gasteiger partial charge on any atom is -0.392 e. The summed E-state index contributed by atoms with van der Waals surface area (Å²) in [4.78, 5) is 6.15. The van der Waals surface area contributed by atoms with Gasteiger partial charge in [0.05, 0.1) is 6.10 Å². The molecule has 0 fully saturated rings. The first-order valence-electron chi connectivity index (χ1n) is 5.38. The molecule has 0 bridgehead atoms. The molecule has 84 valence electrons. The van der Waals surface area contributed by atoms with E-state index in [1.54, 1.807) is 0 Å². The van der Waals surface area contributed by atoms with E-state index in [1.807, 2.05) is 45.4 Å². The van der Waals surface area contributed by atoms with Crippen molar-refractivity contribution in [3.63, 3.8) is 0 Å². The van der Waals surface area contributed by atoms with Crippen LogP contribution in [0.15, 0.2) is 24.5 Å². The Morgan fingerprint density at radius 3 is 2.47 bits per heavy atom. The average Bonchev–Trinajstić information content (AvgIpc) is 2.26. The lowest BCUT2D eigenvalue weighted by Gasteiger charge is -2.26. The molecule has 1 heterocycles. The fourth-order valence-corrected chi connectivity index (χ4v) is 1.43. The third kappa shape index (κ3) is 3.98. The molecule has 0 aliphatic rings. The molecule has 0 amide bonds. The van der Waals surface area contributed by atoms with Crippen LogP contribution in [0.25, 0.3) is 0 Å². The summed E-state index contributed by atoms with van der Waals surface area (Å²) in [6.45, 7) is 4.82. The third-order valence-electron chi connectivity index (χ3n) is 2.90. The molecular formula is C12H20N2O. The Kier molecular flexibility index (Phi) is 4.72. The number of aliphatic hydroxyl groups excluding tert-OH is 1. The average molecular weight is 208 g/mol. The van der Waals surface area contributed by atoms with Gasteiger partial charge in [0.25, 0.3) is 0 Å². The molecule has 0 aromatic carbocycles. The van der Waals surface area contributed by atoms with Crippen molar-refractivity contribution >= 4 is 0 Å². The Bertz CT molecular complexity index is 274. The van der Waals surface area contributed by atoms with Crippen molar-refractivity contribution in [1.82, 2.24) is 9.88 Å². The number of pyridine rings is 1. The molecule has 2 unspecified atom stereocenters. The van der Waals surface area contributed by atoms with Gasteiger partial charge >= 0.3 is 0 Å². The highest BCUT2D eigenvalue weighted by Gasteiger charge is 2.13. The van der Waals surface area contributed by atoms with E-state index < -0.39 is 0 Å². The summed E-state index contributed by atoms with van der Waals surface area (Å²) in [7, 11) is 2.04. The van der Waals surface area contributed by atoms with Crippen LogP contribution in [0.4, 0.5) is 0 Å². The summed E-state index contributed by atoms with van der Waals surface area (Å²) in [6, 6.07) is 4.26. The maximum absolute atomic E-state index is 9.44. The van der Waals surface area contributed by atoms with Crippen LogP contribution in [-0.2, 0) is 6.42 Å². The highest BCUT2D eigenvalue weighted by molar-refractivity contribution is 5.09. The number of hydrogen-bond acceptors (Lipinski definition) is 3. The van der Waals surface area contributed by atoms with Crippen molar-refractivity contribution in [3.05, 3.63) is 30.1 Å². The Labute approximate surface area is 91.8 Å². The van der Waals surface area contributed by atoms with Crippen LogP contribution < -0.4 is 0 Å². The van der Waals surface area contributed by atoms with Crippen LogP contribution in [0.3, 0.4) is 0 Å². The zero-order chi connectivity index (χ0) is 11.3. The summed E-state index contributed by atoms with van der Waals surface area (Å²) in [6.07, 6.45) is 4.34. The summed E-state index contributed by atoms with van der Waals surface area (Å²) in [5, 5.41) is 9.44. The van der Waals surface area contributed by atoms with Gasteiger partial charge in [0.1, 0.15) is 0 Å². The van der Waals surface area contributed by atoms with Crippen molar-refractivity contribution in [2.24, 2.45) is 0 Å². The zero-order valence-electron chi connectivity index (χ0n) is 9.72. The fraction of sp³-hybridized carbons (Fsp3) is 0.583. The van der Waals surface area contributed by atoms with Gasteiger partial charge in [0, 0.05) is 25.0 Å². The molecule has 3 nitrogen and oxygen atoms in total. The summed E-state index contributed by atoms with van der Waals surface area (Å²) < 4.78 is 0. The Morgan fingerprint density at radius 1 is 1.33 bits per heavy atom. The number of aliphatic hydroxyl groups is 1. The molecule has 1 rings (SSSR count). The topological polar surface area (TPSA) is 36.4 Å². The standard InChI is InChI=1S/C12H20N2O/c1-10(11(2)15)14(3)9-6-12-4-7-13-8-5-12/h4-5,7-8,10-11,15H,6,9H2,1-3H3. The predicted octanol–water partition coefficient (Wildman–Crippen LogP) is 1.33. The van der Waals surface area contributed by atoms with Crippen LogP contribution in [0, 0.1) is 0 Å². The van der Waals surface area contributed by atoms with E-state index in [2.05, 4.69) is 9.88 Å². The molecule has 15 heavy (non-hydrogen) atoms. The number of likely N-dealkylation sites (N-methyl/N-ethyl adjacent to an activating group) is 1. The van der Waals surface area contributed by atoms with E-state index in [0.717, 1.165) is 13.0 Å². The number of aromatic nitrogens is 1. The van der Waals surface area contributed by atoms with Gasteiger partial charge in [-0.25, -0.2) is 0 Å². The van der Waals surface area contributed by atoms with Gasteiger partial charge in [-0.05, 0) is 45.0 Å². The molecule has 0 radical (unpaired) electrons. The summed E-state index contributed by atoms with van der Waals surface area (Å²) in [5.41, 5.74) is 1.29. The molecule has 0 aliphatic carbocycles. The van der Waals surface area contributed by atoms with Crippen molar-refractivity contribution in [1.29, 1.82) is 0 Å². The Morgan fingerprint density at radius 2 is 1.93 bits per heavy atom. The van der Waals surface area contributed by atoms with Gasteiger partial charge in [-0.1, -0.05) is 0 Å². The van der Waals surface area contributed by atoms with Crippen LogP contribution in [0.1, 0.15) is 19.4 Å². The van der Waals surface area contributed by atoms with E-state index in [9.17, 15) is 5.11 Å². The minimum absolute atomic E-state index is 0.201. The summed E-state index contributed by atoms with van der Waals surface area (Å²) >= 11 is 0. The van der Waals surface area contributed by atoms with Gasteiger partial charge in [0.15, 0.2) is 0 Å². The largest absolute Gasteiger partial charge is 0.392 e. The third-order valence-corrected chi connectivity index (χ3v) is 2.90. The van der Waals surface area contributed by atoms with Gasteiger partial charge in [0.2, 0.25) is 0 Å². The smallest absolute Gasteiger partial charge is 0.0664 e. The monoisotopic (exact) mass is 208 g/mol. The highest BCUT2D eigenvalue weighted by atomic mass is 16.3. The van der Waals surface area contributed by atoms with Gasteiger partial charge in [-0.2, -0.15) is 0 Å². The van der Waals surface area contributed by atoms with Gasteiger partial charge in [-0.15, -0.1) is 0 Å². The SMILES string of the molecule is CC(O)C(C)N(C)CCc1ccncc1. The quantitative estimate of drug-likeness (QED) is 0.793. The second kappa shape index (κ2) is 5.83. The maximum Gasteiger partial charge on any atom is 0.0664 e. The highest BCUT2D eigenvalue weighted by Crippen LogP contribution is 2.04. The van der Waals surface area contributed by atoms with Crippen molar-refractivity contribution < 1.29 is 5.11 Å². The Balaban J connectivity index is 2.37. The van der Waals surface area contributed by atoms with Crippen molar-refractivity contribution in [2.75, 3.05) is 13.6 Å². The molecule has 0 saturated heterocycles. The summed E-state index contributed by atoms with van der Waals surface area (Å²) in [5.74, 6) is 0. The molecule has 1 N–H and O–H groups in total. The number of nitrogens with zero attached hydrogens (tertiary/aromatic N) is 2. The van der Waals surface area contributed by atoms with Gasteiger partial charge < -0.3 is 10.0 Å². The maximum atomic E-state index is 9.44. The second-order valence-corrected chi connectivity index (χ2v) is 4.07. The van der Waals surface area contributed by atoms with Crippen LogP contribution in [0.2, 0.25) is 0 Å². The molecule has 1 aromatic heterocycles. The molecule has 0 aliphatic heterocycles. The van der Waals surface area contributed by atoms with E-state index in [-0.39, 0.29) is 12.1 Å². The van der Waals surface area contributed by atoms with Crippen LogP contribution in [-0.4, -0.2) is 40.7 Å². The molecule has 2 atom stereocenters. The molecular weight excluding hydrogens is 188 g/mol. The number of hydrogen-bond donors (Lipinski definition) is 1. The van der Waals surface area contributed by atoms with Crippen molar-refractivity contribution in [2.45, 2.75) is 32.4 Å². The van der Waals surface area contributed by atoms with E-state index in [4.69, 9.17) is 0 Å². The predicted molar refractivity (Wildman–Crippen MR) is 61.7 cm³/mol. The normalized spacial score (nSPS) is 15.3. The number of rotatable bonds is 5. The van der Waals surface area contributed by atoms with Gasteiger partial charge in [-0.3, -0.25) is 4.98 Å². The first-order valence-corrected chi connectivity index (χ1v) is 5.38. The minimum atomic E-state index is -0.285. The van der Waals surface area contributed by atoms with Crippen LogP contribution in [0.5, 0.6) is 0 Å². The lowest BCUT2D eigenvalue weighted by Crippen LogP contribution is -2.38. The van der Waals surface area contributed by atoms with E-state index >= 15 is 0 Å².